The number of hydrogen-bond donors (Lipinski definition) is 0. The van der Waals surface area contributed by atoms with Crippen molar-refractivity contribution < 1.29 is 23.2 Å². The number of hydrogen-bond acceptors (Lipinski definition) is 4. The van der Waals surface area contributed by atoms with Crippen molar-refractivity contribution in [1.82, 2.24) is 4.57 Å². The van der Waals surface area contributed by atoms with Gasteiger partial charge in [-0.05, 0) is 19.1 Å². The van der Waals surface area contributed by atoms with E-state index in [9.17, 15) is 23.7 Å². The van der Waals surface area contributed by atoms with Gasteiger partial charge in [-0.25, -0.2) is 13.6 Å². The summed E-state index contributed by atoms with van der Waals surface area (Å²) in [5.74, 6) is -0.739. The van der Waals surface area contributed by atoms with Gasteiger partial charge in [-0.3, -0.25) is 10.1 Å². The van der Waals surface area contributed by atoms with Crippen LogP contribution in [-0.4, -0.2) is 28.5 Å². The van der Waals surface area contributed by atoms with Crippen LogP contribution in [0.15, 0.2) is 24.3 Å². The number of alkyl halides is 2. The zero-order chi connectivity index (χ0) is 15.6. The summed E-state index contributed by atoms with van der Waals surface area (Å²) < 4.78 is 31.3. The lowest BCUT2D eigenvalue weighted by atomic mass is 10.2. The first-order chi connectivity index (χ1) is 9.93. The molecule has 1 heterocycles. The normalized spacial score (nSPS) is 11.0. The predicted octanol–water partition coefficient (Wildman–Crippen LogP) is 2.99. The summed E-state index contributed by atoms with van der Waals surface area (Å²) in [6.07, 6.45) is -2.66. The molecule has 0 aliphatic carbocycles. The van der Waals surface area contributed by atoms with E-state index in [4.69, 9.17) is 4.74 Å². The average molecular weight is 298 g/mol. The fourth-order valence-electron chi connectivity index (χ4n) is 2.08. The van der Waals surface area contributed by atoms with Crippen LogP contribution in [0.2, 0.25) is 0 Å². The Kier molecular flexibility index (Phi) is 4.15. The molecule has 2 aromatic rings. The minimum Gasteiger partial charge on any atom is -0.461 e. The number of benzene rings is 1. The van der Waals surface area contributed by atoms with Crippen molar-refractivity contribution >= 4 is 22.6 Å². The maximum absolute atomic E-state index is 12.7. The highest BCUT2D eigenvalue weighted by Crippen LogP contribution is 2.26. The van der Waals surface area contributed by atoms with Gasteiger partial charge in [0.2, 0.25) is 0 Å². The van der Waals surface area contributed by atoms with Gasteiger partial charge in [0.15, 0.2) is 0 Å². The summed E-state index contributed by atoms with van der Waals surface area (Å²) in [6, 6.07) is 5.11. The van der Waals surface area contributed by atoms with E-state index in [0.29, 0.717) is 10.9 Å². The lowest BCUT2D eigenvalue weighted by Gasteiger charge is -2.09. The molecule has 0 atom stereocenters. The molecule has 112 valence electrons. The van der Waals surface area contributed by atoms with E-state index >= 15 is 0 Å². The molecule has 0 saturated heterocycles. The Labute approximate surface area is 118 Å². The second-order valence-corrected chi connectivity index (χ2v) is 4.25. The molecule has 0 spiro atoms. The van der Waals surface area contributed by atoms with Gasteiger partial charge < -0.3 is 9.30 Å². The summed E-state index contributed by atoms with van der Waals surface area (Å²) >= 11 is 0. The first kappa shape index (κ1) is 14.9. The molecular weight excluding hydrogens is 286 g/mol. The number of carbonyl (C=O) groups is 1. The Bertz CT molecular complexity index is 697. The molecule has 0 bridgehead atoms. The summed E-state index contributed by atoms with van der Waals surface area (Å²) in [4.78, 5) is 22.0. The van der Waals surface area contributed by atoms with Crippen molar-refractivity contribution in [2.45, 2.75) is 19.9 Å². The molecule has 0 N–H and O–H groups in total. The van der Waals surface area contributed by atoms with Crippen LogP contribution in [0.4, 0.5) is 14.5 Å². The third-order valence-electron chi connectivity index (χ3n) is 2.90. The Morgan fingerprint density at radius 1 is 1.43 bits per heavy atom. The minimum absolute atomic E-state index is 0.0485. The molecule has 8 heteroatoms. The quantitative estimate of drug-likeness (QED) is 0.483. The molecular formula is C13H12F2N2O4. The summed E-state index contributed by atoms with van der Waals surface area (Å²) in [7, 11) is 0. The van der Waals surface area contributed by atoms with Gasteiger partial charge in [0, 0.05) is 23.0 Å². The molecule has 1 aromatic carbocycles. The standard InChI is InChI=1S/C13H12F2N2O4/c1-2-21-13(18)11-6-8-5-9(17(19)20)3-4-10(8)16(11)7-12(14)15/h3-6,12H,2,7H2,1H3. The molecule has 0 radical (unpaired) electrons. The molecule has 0 aliphatic rings. The molecule has 2 rings (SSSR count). The summed E-state index contributed by atoms with van der Waals surface area (Å²) in [5.41, 5.74) is 0.101. The number of nitro benzene ring substituents is 1. The number of nitro groups is 1. The number of aromatic nitrogens is 1. The Hall–Kier alpha value is -2.51. The Balaban J connectivity index is 2.59. The highest BCUT2D eigenvalue weighted by Gasteiger charge is 2.20. The number of nitrogens with zero attached hydrogens (tertiary/aromatic N) is 2. The van der Waals surface area contributed by atoms with Crippen LogP contribution in [0.3, 0.4) is 0 Å². The van der Waals surface area contributed by atoms with Crippen molar-refractivity contribution in [1.29, 1.82) is 0 Å². The van der Waals surface area contributed by atoms with Gasteiger partial charge in [0.05, 0.1) is 18.1 Å². The fourth-order valence-corrected chi connectivity index (χ4v) is 2.08. The summed E-state index contributed by atoms with van der Waals surface area (Å²) in [5, 5.41) is 11.1. The lowest BCUT2D eigenvalue weighted by molar-refractivity contribution is -0.384. The number of fused-ring (bicyclic) bond motifs is 1. The fraction of sp³-hybridized carbons (Fsp3) is 0.308. The van der Waals surface area contributed by atoms with Gasteiger partial charge in [0.1, 0.15) is 5.69 Å². The molecule has 0 aliphatic heterocycles. The van der Waals surface area contributed by atoms with Crippen LogP contribution in [0.5, 0.6) is 0 Å². The second-order valence-electron chi connectivity index (χ2n) is 4.25. The number of carbonyl (C=O) groups excluding carboxylic acids is 1. The smallest absolute Gasteiger partial charge is 0.354 e. The molecule has 1 aromatic heterocycles. The highest BCUT2D eigenvalue weighted by molar-refractivity contribution is 5.96. The van der Waals surface area contributed by atoms with Crippen LogP contribution in [0, 0.1) is 10.1 Å². The van der Waals surface area contributed by atoms with Crippen LogP contribution in [0.25, 0.3) is 10.9 Å². The van der Waals surface area contributed by atoms with Gasteiger partial charge in [-0.15, -0.1) is 0 Å². The number of ether oxygens (including phenoxy) is 1. The third kappa shape index (κ3) is 2.99. The van der Waals surface area contributed by atoms with Gasteiger partial charge in [0.25, 0.3) is 12.1 Å². The van der Waals surface area contributed by atoms with Crippen molar-refractivity contribution in [3.05, 3.63) is 40.1 Å². The lowest BCUT2D eigenvalue weighted by Crippen LogP contribution is -2.15. The molecule has 0 fully saturated rings. The van der Waals surface area contributed by atoms with Crippen molar-refractivity contribution in [2.24, 2.45) is 0 Å². The van der Waals surface area contributed by atoms with Crippen molar-refractivity contribution in [3.63, 3.8) is 0 Å². The van der Waals surface area contributed by atoms with Crippen LogP contribution in [-0.2, 0) is 11.3 Å². The maximum Gasteiger partial charge on any atom is 0.354 e. The van der Waals surface area contributed by atoms with E-state index in [1.54, 1.807) is 6.92 Å². The summed E-state index contributed by atoms with van der Waals surface area (Å²) in [6.45, 7) is 1.02. The molecule has 0 amide bonds. The average Bonchev–Trinajstić information content (AvgIpc) is 2.76. The van der Waals surface area contributed by atoms with Gasteiger partial charge in [-0.1, -0.05) is 0 Å². The molecule has 0 unspecified atom stereocenters. The van der Waals surface area contributed by atoms with Crippen LogP contribution < -0.4 is 0 Å². The first-order valence-corrected chi connectivity index (χ1v) is 6.17. The van der Waals surface area contributed by atoms with E-state index in [2.05, 4.69) is 0 Å². The first-order valence-electron chi connectivity index (χ1n) is 6.17. The van der Waals surface area contributed by atoms with E-state index < -0.39 is 23.9 Å². The van der Waals surface area contributed by atoms with Crippen LogP contribution >= 0.6 is 0 Å². The van der Waals surface area contributed by atoms with E-state index in [0.717, 1.165) is 4.57 Å². The minimum atomic E-state index is -2.66. The van der Waals surface area contributed by atoms with E-state index in [1.165, 1.54) is 24.3 Å². The zero-order valence-corrected chi connectivity index (χ0v) is 11.1. The van der Waals surface area contributed by atoms with Gasteiger partial charge >= 0.3 is 5.97 Å². The van der Waals surface area contributed by atoms with Crippen LogP contribution in [0.1, 0.15) is 17.4 Å². The highest BCUT2D eigenvalue weighted by atomic mass is 19.3. The Morgan fingerprint density at radius 2 is 2.14 bits per heavy atom. The second kappa shape index (κ2) is 5.86. The predicted molar refractivity (Wildman–Crippen MR) is 70.6 cm³/mol. The van der Waals surface area contributed by atoms with Gasteiger partial charge in [-0.2, -0.15) is 0 Å². The van der Waals surface area contributed by atoms with Crippen molar-refractivity contribution in [3.8, 4) is 0 Å². The SMILES string of the molecule is CCOC(=O)c1cc2cc([N+](=O)[O-])ccc2n1CC(F)F. The monoisotopic (exact) mass is 298 g/mol. The van der Waals surface area contributed by atoms with Crippen molar-refractivity contribution in [2.75, 3.05) is 6.61 Å². The molecule has 6 nitrogen and oxygen atoms in total. The zero-order valence-electron chi connectivity index (χ0n) is 11.1. The van der Waals surface area contributed by atoms with E-state index in [-0.39, 0.29) is 18.0 Å². The third-order valence-corrected chi connectivity index (χ3v) is 2.90. The Morgan fingerprint density at radius 3 is 2.71 bits per heavy atom. The number of rotatable bonds is 5. The topological polar surface area (TPSA) is 74.4 Å². The van der Waals surface area contributed by atoms with E-state index in [1.807, 2.05) is 0 Å². The molecule has 21 heavy (non-hydrogen) atoms. The number of esters is 1. The number of halogens is 2. The molecule has 0 saturated carbocycles. The largest absolute Gasteiger partial charge is 0.461 e. The number of non-ortho nitro benzene ring substituents is 1. The maximum atomic E-state index is 12.7.